The molecule has 2 N–H and O–H groups in total. The Morgan fingerprint density at radius 1 is 1.41 bits per heavy atom. The van der Waals surface area contributed by atoms with Gasteiger partial charge in [0.2, 0.25) is 0 Å². The second-order valence-electron chi connectivity index (χ2n) is 5.86. The van der Waals surface area contributed by atoms with Gasteiger partial charge in [0.25, 0.3) is 0 Å². The Bertz CT molecular complexity index is 818. The number of rotatable bonds is 3. The SMILES string of the molecule is O=c1[nH]c2cccc(CN3CCCC(c4ncc[nH]4)C3)c2o1. The normalized spacial score (nSPS) is 19.7. The maximum absolute atomic E-state index is 11.4. The Labute approximate surface area is 127 Å². The van der Waals surface area contributed by atoms with Crippen molar-refractivity contribution in [3.63, 3.8) is 0 Å². The minimum atomic E-state index is -0.394. The molecule has 1 aliphatic heterocycles. The zero-order valence-electron chi connectivity index (χ0n) is 12.2. The van der Waals surface area contributed by atoms with E-state index in [1.165, 1.54) is 0 Å². The molecule has 6 nitrogen and oxygen atoms in total. The molecule has 0 amide bonds. The molecular formula is C16H18N4O2. The highest BCUT2D eigenvalue weighted by molar-refractivity contribution is 5.75. The Hall–Kier alpha value is -2.34. The van der Waals surface area contributed by atoms with Gasteiger partial charge < -0.3 is 9.40 Å². The number of nitrogens with one attached hydrogen (secondary N) is 2. The van der Waals surface area contributed by atoms with Crippen molar-refractivity contribution in [1.82, 2.24) is 19.9 Å². The number of hydrogen-bond acceptors (Lipinski definition) is 4. The number of imidazole rings is 1. The van der Waals surface area contributed by atoms with Crippen molar-refractivity contribution in [3.8, 4) is 0 Å². The van der Waals surface area contributed by atoms with E-state index in [0.29, 0.717) is 11.5 Å². The average Bonchev–Trinajstić information content (AvgIpc) is 3.16. The van der Waals surface area contributed by atoms with Crippen LogP contribution >= 0.6 is 0 Å². The molecule has 0 radical (unpaired) electrons. The summed E-state index contributed by atoms with van der Waals surface area (Å²) >= 11 is 0. The van der Waals surface area contributed by atoms with Crippen LogP contribution < -0.4 is 5.76 Å². The molecule has 6 heteroatoms. The fourth-order valence-corrected chi connectivity index (χ4v) is 3.32. The van der Waals surface area contributed by atoms with E-state index in [1.807, 2.05) is 30.6 Å². The molecule has 22 heavy (non-hydrogen) atoms. The van der Waals surface area contributed by atoms with Crippen LogP contribution in [0.2, 0.25) is 0 Å². The molecule has 1 saturated heterocycles. The van der Waals surface area contributed by atoms with Crippen molar-refractivity contribution in [1.29, 1.82) is 0 Å². The number of likely N-dealkylation sites (tertiary alicyclic amines) is 1. The molecule has 0 bridgehead atoms. The van der Waals surface area contributed by atoms with Gasteiger partial charge in [-0.2, -0.15) is 0 Å². The summed E-state index contributed by atoms with van der Waals surface area (Å²) < 4.78 is 5.28. The van der Waals surface area contributed by atoms with Crippen molar-refractivity contribution in [3.05, 3.63) is 52.5 Å². The van der Waals surface area contributed by atoms with Crippen LogP contribution in [0.3, 0.4) is 0 Å². The number of oxazole rings is 1. The van der Waals surface area contributed by atoms with Crippen molar-refractivity contribution in [2.24, 2.45) is 0 Å². The first-order valence-corrected chi connectivity index (χ1v) is 7.62. The first-order chi connectivity index (χ1) is 10.8. The number of aromatic amines is 2. The van der Waals surface area contributed by atoms with Gasteiger partial charge in [-0.3, -0.25) is 9.88 Å². The van der Waals surface area contributed by atoms with E-state index in [2.05, 4.69) is 19.9 Å². The van der Waals surface area contributed by atoms with Gasteiger partial charge in [0.1, 0.15) is 5.82 Å². The first-order valence-electron chi connectivity index (χ1n) is 7.62. The molecule has 0 spiro atoms. The summed E-state index contributed by atoms with van der Waals surface area (Å²) in [7, 11) is 0. The Kier molecular flexibility index (Phi) is 3.31. The third-order valence-electron chi connectivity index (χ3n) is 4.33. The number of piperidine rings is 1. The summed E-state index contributed by atoms with van der Waals surface area (Å²) in [5.74, 6) is 1.12. The summed E-state index contributed by atoms with van der Waals surface area (Å²) in [6, 6.07) is 5.85. The number of nitrogens with zero attached hydrogens (tertiary/aromatic N) is 2. The highest BCUT2D eigenvalue weighted by atomic mass is 16.4. The van der Waals surface area contributed by atoms with Gasteiger partial charge in [-0.15, -0.1) is 0 Å². The molecule has 0 saturated carbocycles. The minimum absolute atomic E-state index is 0.394. The number of fused-ring (bicyclic) bond motifs is 1. The van der Waals surface area contributed by atoms with E-state index in [1.54, 1.807) is 0 Å². The molecule has 114 valence electrons. The molecule has 0 aliphatic carbocycles. The lowest BCUT2D eigenvalue weighted by Gasteiger charge is -2.31. The lowest BCUT2D eigenvalue weighted by molar-refractivity contribution is 0.197. The predicted molar refractivity (Wildman–Crippen MR) is 82.7 cm³/mol. The molecule has 1 fully saturated rings. The number of para-hydroxylation sites is 1. The standard InChI is InChI=1S/C16H18N4O2/c21-16-19-13-5-1-3-11(14(13)22-16)9-20-8-2-4-12(10-20)15-17-6-7-18-15/h1,3,5-7,12H,2,4,8-10H2,(H,17,18)(H,19,21). The van der Waals surface area contributed by atoms with Gasteiger partial charge >= 0.3 is 5.76 Å². The van der Waals surface area contributed by atoms with E-state index < -0.39 is 5.76 Å². The molecular weight excluding hydrogens is 280 g/mol. The number of aromatic nitrogens is 3. The summed E-state index contributed by atoms with van der Waals surface area (Å²) in [5, 5.41) is 0. The van der Waals surface area contributed by atoms with Crippen molar-refractivity contribution < 1.29 is 4.42 Å². The van der Waals surface area contributed by atoms with Crippen LogP contribution in [-0.4, -0.2) is 32.9 Å². The zero-order chi connectivity index (χ0) is 14.9. The van der Waals surface area contributed by atoms with Crippen LogP contribution in [0.5, 0.6) is 0 Å². The fraction of sp³-hybridized carbons (Fsp3) is 0.375. The second kappa shape index (κ2) is 5.46. The topological polar surface area (TPSA) is 77.9 Å². The molecule has 1 atom stereocenters. The Balaban J connectivity index is 1.56. The van der Waals surface area contributed by atoms with E-state index >= 15 is 0 Å². The lowest BCUT2D eigenvalue weighted by Crippen LogP contribution is -2.34. The first kappa shape index (κ1) is 13.3. The quantitative estimate of drug-likeness (QED) is 0.777. The molecule has 4 rings (SSSR count). The minimum Gasteiger partial charge on any atom is -0.408 e. The van der Waals surface area contributed by atoms with E-state index in [9.17, 15) is 4.79 Å². The van der Waals surface area contributed by atoms with Gasteiger partial charge in [-0.05, 0) is 25.5 Å². The van der Waals surface area contributed by atoms with E-state index in [0.717, 1.165) is 49.4 Å². The predicted octanol–water partition coefficient (Wildman–Crippen LogP) is 2.22. The van der Waals surface area contributed by atoms with Crippen molar-refractivity contribution in [2.75, 3.05) is 13.1 Å². The fourth-order valence-electron chi connectivity index (χ4n) is 3.32. The third-order valence-corrected chi connectivity index (χ3v) is 4.33. The molecule has 1 unspecified atom stereocenters. The smallest absolute Gasteiger partial charge is 0.408 e. The average molecular weight is 298 g/mol. The maximum atomic E-state index is 11.4. The van der Waals surface area contributed by atoms with Crippen molar-refractivity contribution in [2.45, 2.75) is 25.3 Å². The van der Waals surface area contributed by atoms with Crippen LogP contribution in [0.15, 0.2) is 39.8 Å². The summed E-state index contributed by atoms with van der Waals surface area (Å²) in [4.78, 5) is 24.1. The molecule has 1 aromatic carbocycles. The monoisotopic (exact) mass is 298 g/mol. The van der Waals surface area contributed by atoms with E-state index in [-0.39, 0.29) is 0 Å². The summed E-state index contributed by atoms with van der Waals surface area (Å²) in [6.07, 6.45) is 6.00. The van der Waals surface area contributed by atoms with Crippen LogP contribution in [0.1, 0.15) is 30.1 Å². The van der Waals surface area contributed by atoms with Crippen molar-refractivity contribution >= 4 is 11.1 Å². The summed E-state index contributed by atoms with van der Waals surface area (Å²) in [6.45, 7) is 2.82. The van der Waals surface area contributed by atoms with Gasteiger partial charge in [-0.25, -0.2) is 9.78 Å². The van der Waals surface area contributed by atoms with Crippen LogP contribution in [0.25, 0.3) is 11.1 Å². The van der Waals surface area contributed by atoms with Gasteiger partial charge in [0.15, 0.2) is 5.58 Å². The molecule has 1 aliphatic rings. The molecule has 3 heterocycles. The van der Waals surface area contributed by atoms with Gasteiger partial charge in [0, 0.05) is 37.0 Å². The van der Waals surface area contributed by atoms with Gasteiger partial charge in [-0.1, -0.05) is 12.1 Å². The Morgan fingerprint density at radius 3 is 3.23 bits per heavy atom. The number of benzene rings is 1. The Morgan fingerprint density at radius 2 is 2.36 bits per heavy atom. The van der Waals surface area contributed by atoms with Gasteiger partial charge in [0.05, 0.1) is 5.52 Å². The highest BCUT2D eigenvalue weighted by Gasteiger charge is 2.23. The third kappa shape index (κ3) is 2.46. The zero-order valence-corrected chi connectivity index (χ0v) is 12.2. The van der Waals surface area contributed by atoms with Crippen LogP contribution in [-0.2, 0) is 6.54 Å². The number of hydrogen-bond donors (Lipinski definition) is 2. The van der Waals surface area contributed by atoms with Crippen LogP contribution in [0, 0.1) is 0 Å². The molecule has 3 aromatic rings. The highest BCUT2D eigenvalue weighted by Crippen LogP contribution is 2.26. The van der Waals surface area contributed by atoms with E-state index in [4.69, 9.17) is 4.42 Å². The lowest BCUT2D eigenvalue weighted by atomic mass is 9.97. The number of H-pyrrole nitrogens is 2. The van der Waals surface area contributed by atoms with Crippen LogP contribution in [0.4, 0.5) is 0 Å². The largest absolute Gasteiger partial charge is 0.417 e. The maximum Gasteiger partial charge on any atom is 0.417 e. The molecule has 2 aromatic heterocycles. The summed E-state index contributed by atoms with van der Waals surface area (Å²) in [5.41, 5.74) is 2.49. The second-order valence-corrected chi connectivity index (χ2v) is 5.86.